The number of nitrogens with one attached hydrogen (secondary N) is 1. The van der Waals surface area contributed by atoms with Crippen molar-refractivity contribution in [3.63, 3.8) is 0 Å². The van der Waals surface area contributed by atoms with Crippen molar-refractivity contribution in [1.29, 1.82) is 0 Å². The normalized spacial score (nSPS) is 16.6. The van der Waals surface area contributed by atoms with Gasteiger partial charge in [-0.15, -0.1) is 0 Å². The molecular formula is C22H21NO5. The van der Waals surface area contributed by atoms with E-state index in [1.165, 1.54) is 0 Å². The molecule has 2 heterocycles. The van der Waals surface area contributed by atoms with Crippen molar-refractivity contribution in [2.24, 2.45) is 0 Å². The molecule has 1 amide bonds. The fourth-order valence-corrected chi connectivity index (χ4v) is 3.99. The Hall–Kier alpha value is -3.15. The summed E-state index contributed by atoms with van der Waals surface area (Å²) in [6.07, 6.45) is 5.87. The molecule has 1 aliphatic heterocycles. The number of methoxy groups -OCH3 is 1. The Morgan fingerprint density at radius 2 is 1.93 bits per heavy atom. The number of rotatable bonds is 4. The number of benzene rings is 2. The molecule has 1 saturated carbocycles. The first-order chi connectivity index (χ1) is 13.6. The molecule has 0 saturated heterocycles. The molecule has 6 nitrogen and oxygen atoms in total. The van der Waals surface area contributed by atoms with Crippen LogP contribution in [0, 0.1) is 0 Å². The van der Waals surface area contributed by atoms with Gasteiger partial charge in [0.15, 0.2) is 11.5 Å². The minimum Gasteiger partial charge on any atom is -0.497 e. The maximum atomic E-state index is 12.5. The van der Waals surface area contributed by atoms with Gasteiger partial charge in [-0.1, -0.05) is 0 Å². The topological polar surface area (TPSA) is 69.9 Å². The average molecular weight is 379 g/mol. The molecule has 0 bridgehead atoms. The second-order valence-corrected chi connectivity index (χ2v) is 7.33. The Kier molecular flexibility index (Phi) is 3.93. The van der Waals surface area contributed by atoms with E-state index in [4.69, 9.17) is 18.6 Å². The minimum absolute atomic E-state index is 0.118. The highest BCUT2D eigenvalue weighted by Gasteiger charge is 2.44. The van der Waals surface area contributed by atoms with Gasteiger partial charge in [-0.05, 0) is 37.1 Å². The molecule has 28 heavy (non-hydrogen) atoms. The zero-order chi connectivity index (χ0) is 19.1. The molecule has 1 N–H and O–H groups in total. The maximum Gasteiger partial charge on any atom is 0.251 e. The highest BCUT2D eigenvalue weighted by molar-refractivity contribution is 5.95. The third-order valence-electron chi connectivity index (χ3n) is 5.40. The van der Waals surface area contributed by atoms with Crippen molar-refractivity contribution in [2.75, 3.05) is 12.4 Å². The van der Waals surface area contributed by atoms with Gasteiger partial charge in [0, 0.05) is 41.6 Å². The van der Waals surface area contributed by atoms with Gasteiger partial charge in [-0.3, -0.25) is 4.79 Å². The zero-order valence-electron chi connectivity index (χ0n) is 15.6. The van der Waals surface area contributed by atoms with Gasteiger partial charge >= 0.3 is 0 Å². The van der Waals surface area contributed by atoms with Crippen LogP contribution in [0.1, 0.15) is 31.2 Å². The van der Waals surface area contributed by atoms with E-state index in [0.29, 0.717) is 17.0 Å². The number of carbonyl (C=O) groups is 1. The van der Waals surface area contributed by atoms with Crippen LogP contribution in [0.15, 0.2) is 47.1 Å². The predicted octanol–water partition coefficient (Wildman–Crippen LogP) is 4.66. The lowest BCUT2D eigenvalue weighted by atomic mass is 10.1. The SMILES string of the molecule is COc1ccc2c(CC(=O)Nc3ccc4c(c3)OC3(CCCC3)O4)coc2c1. The summed E-state index contributed by atoms with van der Waals surface area (Å²) in [5.41, 5.74) is 2.23. The number of anilines is 1. The first-order valence-electron chi connectivity index (χ1n) is 9.50. The third-order valence-corrected chi connectivity index (χ3v) is 5.40. The van der Waals surface area contributed by atoms with Gasteiger partial charge in [-0.25, -0.2) is 0 Å². The smallest absolute Gasteiger partial charge is 0.251 e. The summed E-state index contributed by atoms with van der Waals surface area (Å²) in [6, 6.07) is 11.1. The van der Waals surface area contributed by atoms with Crippen LogP contribution in [0.5, 0.6) is 17.2 Å². The van der Waals surface area contributed by atoms with Crippen molar-refractivity contribution >= 4 is 22.6 Å². The Labute approximate surface area is 162 Å². The van der Waals surface area contributed by atoms with Crippen molar-refractivity contribution in [1.82, 2.24) is 0 Å². The molecule has 1 spiro atoms. The van der Waals surface area contributed by atoms with E-state index in [0.717, 1.165) is 48.1 Å². The van der Waals surface area contributed by atoms with Gasteiger partial charge in [0.1, 0.15) is 11.3 Å². The molecule has 1 fully saturated rings. The van der Waals surface area contributed by atoms with Gasteiger partial charge in [0.25, 0.3) is 5.79 Å². The molecule has 5 rings (SSSR count). The zero-order valence-corrected chi connectivity index (χ0v) is 15.6. The average Bonchev–Trinajstić information content (AvgIpc) is 3.40. The molecular weight excluding hydrogens is 358 g/mol. The van der Waals surface area contributed by atoms with Crippen LogP contribution in [0.4, 0.5) is 5.69 Å². The minimum atomic E-state index is -0.498. The van der Waals surface area contributed by atoms with Crippen LogP contribution in [-0.4, -0.2) is 18.8 Å². The molecule has 0 unspecified atom stereocenters. The lowest BCUT2D eigenvalue weighted by Crippen LogP contribution is -2.34. The molecule has 0 radical (unpaired) electrons. The summed E-state index contributed by atoms with van der Waals surface area (Å²) < 4.78 is 22.8. The van der Waals surface area contributed by atoms with Crippen molar-refractivity contribution in [3.05, 3.63) is 48.2 Å². The van der Waals surface area contributed by atoms with E-state index in [1.807, 2.05) is 36.4 Å². The third kappa shape index (κ3) is 2.95. The molecule has 6 heteroatoms. The van der Waals surface area contributed by atoms with Crippen LogP contribution >= 0.6 is 0 Å². The lowest BCUT2D eigenvalue weighted by molar-refractivity contribution is -0.115. The van der Waals surface area contributed by atoms with Crippen LogP contribution < -0.4 is 19.5 Å². The number of hydrogen-bond acceptors (Lipinski definition) is 5. The van der Waals surface area contributed by atoms with Crippen LogP contribution in [0.2, 0.25) is 0 Å². The first-order valence-corrected chi connectivity index (χ1v) is 9.50. The van der Waals surface area contributed by atoms with Crippen LogP contribution in [-0.2, 0) is 11.2 Å². The quantitative estimate of drug-likeness (QED) is 0.714. The summed E-state index contributed by atoms with van der Waals surface area (Å²) in [5.74, 6) is 1.54. The van der Waals surface area contributed by atoms with Crippen molar-refractivity contribution in [3.8, 4) is 17.2 Å². The van der Waals surface area contributed by atoms with Crippen molar-refractivity contribution in [2.45, 2.75) is 37.9 Å². The van der Waals surface area contributed by atoms with E-state index in [-0.39, 0.29) is 12.3 Å². The van der Waals surface area contributed by atoms with Gasteiger partial charge in [0.2, 0.25) is 5.91 Å². The van der Waals surface area contributed by atoms with Crippen LogP contribution in [0.3, 0.4) is 0 Å². The molecule has 3 aromatic rings. The Bertz CT molecular complexity index is 1050. The molecule has 2 aromatic carbocycles. The first kappa shape index (κ1) is 17.0. The van der Waals surface area contributed by atoms with Gasteiger partial charge in [-0.2, -0.15) is 0 Å². The molecule has 144 valence electrons. The number of carbonyl (C=O) groups excluding carboxylic acids is 1. The number of ether oxygens (including phenoxy) is 3. The number of amides is 1. The molecule has 1 aromatic heterocycles. The highest BCUT2D eigenvalue weighted by Crippen LogP contribution is 2.47. The summed E-state index contributed by atoms with van der Waals surface area (Å²) in [5, 5.41) is 3.84. The van der Waals surface area contributed by atoms with E-state index in [2.05, 4.69) is 5.32 Å². The van der Waals surface area contributed by atoms with Crippen LogP contribution in [0.25, 0.3) is 11.0 Å². The Morgan fingerprint density at radius 3 is 2.75 bits per heavy atom. The number of fused-ring (bicyclic) bond motifs is 2. The maximum absolute atomic E-state index is 12.5. The molecule has 0 atom stereocenters. The Morgan fingerprint density at radius 1 is 1.11 bits per heavy atom. The van der Waals surface area contributed by atoms with E-state index in [1.54, 1.807) is 13.4 Å². The Balaban J connectivity index is 1.29. The van der Waals surface area contributed by atoms with E-state index < -0.39 is 5.79 Å². The summed E-state index contributed by atoms with van der Waals surface area (Å²) in [4.78, 5) is 12.5. The summed E-state index contributed by atoms with van der Waals surface area (Å²) >= 11 is 0. The van der Waals surface area contributed by atoms with Gasteiger partial charge in [0.05, 0.1) is 19.8 Å². The van der Waals surface area contributed by atoms with E-state index in [9.17, 15) is 4.79 Å². The standard InChI is InChI=1S/C22H21NO5/c1-25-16-5-6-17-14(13-26-19(17)12-16)10-21(24)23-15-4-7-18-20(11-15)28-22(27-18)8-2-3-9-22/h4-7,11-13H,2-3,8-10H2,1H3,(H,23,24). The summed E-state index contributed by atoms with van der Waals surface area (Å²) in [7, 11) is 1.61. The predicted molar refractivity (Wildman–Crippen MR) is 104 cm³/mol. The second-order valence-electron chi connectivity index (χ2n) is 7.33. The lowest BCUT2D eigenvalue weighted by Gasteiger charge is -2.21. The fourth-order valence-electron chi connectivity index (χ4n) is 3.99. The van der Waals surface area contributed by atoms with E-state index >= 15 is 0 Å². The molecule has 2 aliphatic rings. The monoisotopic (exact) mass is 379 g/mol. The van der Waals surface area contributed by atoms with Gasteiger partial charge < -0.3 is 23.9 Å². The number of hydrogen-bond donors (Lipinski definition) is 1. The number of furan rings is 1. The fraction of sp³-hybridized carbons (Fsp3) is 0.318. The second kappa shape index (κ2) is 6.48. The molecule has 1 aliphatic carbocycles. The van der Waals surface area contributed by atoms with Crippen molar-refractivity contribution < 1.29 is 23.4 Å². The largest absolute Gasteiger partial charge is 0.497 e. The summed E-state index contributed by atoms with van der Waals surface area (Å²) in [6.45, 7) is 0. The highest BCUT2D eigenvalue weighted by atomic mass is 16.7.